The molecule has 3 fully saturated rings. The standard InChI is InChI=1S/C31H35FN6O7S/c1-35-27-17-21(3-5-25(27)38(31(35)43)26-6-7-28(40)34-29(26)41)20-8-12-36(13-9-20)30(42)33-24-16-19(2-4-23(24)32)18-46(44,45)37-14-10-22(39)11-15-37/h2-5,16-17,20,26H,6-15,18H2,1H3,(H,33,42)(H,34,40,41). The highest BCUT2D eigenvalue weighted by Crippen LogP contribution is 2.32. The SMILES string of the molecule is Cn1c(=O)n(C2CCC(=O)NC2=O)c2ccc(C3CCN(C(=O)Nc4cc(CS(=O)(=O)N5CCC(=O)CC5)ccc4F)CC3)cc21. The summed E-state index contributed by atoms with van der Waals surface area (Å²) >= 11 is 0. The molecular weight excluding hydrogens is 619 g/mol. The summed E-state index contributed by atoms with van der Waals surface area (Å²) < 4.78 is 44.6. The number of nitrogens with one attached hydrogen (secondary N) is 2. The lowest BCUT2D eigenvalue weighted by molar-refractivity contribution is -0.135. The number of hydrogen-bond donors (Lipinski definition) is 2. The van der Waals surface area contributed by atoms with Crippen LogP contribution in [0.15, 0.2) is 41.2 Å². The van der Waals surface area contributed by atoms with Crippen molar-refractivity contribution in [3.8, 4) is 0 Å². The van der Waals surface area contributed by atoms with Gasteiger partial charge in [0.25, 0.3) is 0 Å². The number of carbonyl (C=O) groups excluding carboxylic acids is 4. The fourth-order valence-corrected chi connectivity index (χ4v) is 8.07. The number of benzene rings is 2. The van der Waals surface area contributed by atoms with Gasteiger partial charge in [-0.1, -0.05) is 12.1 Å². The van der Waals surface area contributed by atoms with E-state index in [2.05, 4.69) is 10.6 Å². The minimum absolute atomic E-state index is 0.0250. The van der Waals surface area contributed by atoms with Gasteiger partial charge in [0, 0.05) is 52.5 Å². The summed E-state index contributed by atoms with van der Waals surface area (Å²) in [4.78, 5) is 63.4. The van der Waals surface area contributed by atoms with Crippen molar-refractivity contribution in [1.82, 2.24) is 23.7 Å². The van der Waals surface area contributed by atoms with E-state index >= 15 is 0 Å². The molecule has 2 aromatic carbocycles. The van der Waals surface area contributed by atoms with Crippen LogP contribution in [0.3, 0.4) is 0 Å². The van der Waals surface area contributed by atoms with Crippen molar-refractivity contribution < 1.29 is 32.0 Å². The molecule has 3 saturated heterocycles. The molecule has 1 atom stereocenters. The highest BCUT2D eigenvalue weighted by Gasteiger charge is 2.32. The summed E-state index contributed by atoms with van der Waals surface area (Å²) in [5.74, 6) is -1.78. The number of imide groups is 1. The van der Waals surface area contributed by atoms with E-state index in [0.717, 1.165) is 11.6 Å². The number of imidazole rings is 1. The second-order valence-electron chi connectivity index (χ2n) is 12.1. The maximum atomic E-state index is 14.7. The number of fused-ring (bicyclic) bond motifs is 1. The molecule has 0 saturated carbocycles. The Morgan fingerprint density at radius 1 is 0.935 bits per heavy atom. The number of rotatable bonds is 6. The summed E-state index contributed by atoms with van der Waals surface area (Å²) in [6.07, 6.45) is 2.01. The highest BCUT2D eigenvalue weighted by molar-refractivity contribution is 7.88. The number of halogens is 1. The van der Waals surface area contributed by atoms with Gasteiger partial charge in [-0.15, -0.1) is 0 Å². The van der Waals surface area contributed by atoms with Crippen molar-refractivity contribution in [2.24, 2.45) is 7.05 Å². The number of carbonyl (C=O) groups is 4. The average molecular weight is 655 g/mol. The Hall–Kier alpha value is -4.37. The zero-order valence-corrected chi connectivity index (χ0v) is 26.1. The number of likely N-dealkylation sites (tertiary alicyclic amines) is 1. The molecule has 13 nitrogen and oxygen atoms in total. The molecule has 4 amide bonds. The number of anilines is 1. The van der Waals surface area contributed by atoms with Crippen LogP contribution >= 0.6 is 0 Å². The monoisotopic (exact) mass is 654 g/mol. The van der Waals surface area contributed by atoms with E-state index in [1.165, 1.54) is 25.6 Å². The van der Waals surface area contributed by atoms with Gasteiger partial charge in [-0.25, -0.2) is 26.7 Å². The molecule has 1 aromatic heterocycles. The summed E-state index contributed by atoms with van der Waals surface area (Å²) in [5, 5.41) is 4.90. The van der Waals surface area contributed by atoms with Gasteiger partial charge in [-0.3, -0.25) is 28.8 Å². The topological polar surface area (TPSA) is 160 Å². The first kappa shape index (κ1) is 31.6. The lowest BCUT2D eigenvalue weighted by atomic mass is 9.89. The van der Waals surface area contributed by atoms with Gasteiger partial charge in [-0.05, 0) is 60.6 Å². The summed E-state index contributed by atoms with van der Waals surface area (Å²) in [5.41, 5.74) is 2.12. The minimum atomic E-state index is -3.71. The van der Waals surface area contributed by atoms with E-state index in [1.807, 2.05) is 18.2 Å². The van der Waals surface area contributed by atoms with Crippen LogP contribution in [0.5, 0.6) is 0 Å². The minimum Gasteiger partial charge on any atom is -0.324 e. The maximum absolute atomic E-state index is 14.7. The van der Waals surface area contributed by atoms with Gasteiger partial charge in [0.05, 0.1) is 22.5 Å². The van der Waals surface area contributed by atoms with Gasteiger partial charge >= 0.3 is 11.7 Å². The fraction of sp³-hybridized carbons (Fsp3) is 0.452. The summed E-state index contributed by atoms with van der Waals surface area (Å²) in [6.45, 7) is 1.05. The molecule has 3 aliphatic rings. The van der Waals surface area contributed by atoms with E-state index < -0.39 is 33.8 Å². The van der Waals surface area contributed by atoms with E-state index in [1.54, 1.807) is 11.9 Å². The van der Waals surface area contributed by atoms with E-state index in [4.69, 9.17) is 0 Å². The van der Waals surface area contributed by atoms with Gasteiger partial charge in [0.1, 0.15) is 17.6 Å². The van der Waals surface area contributed by atoms with Gasteiger partial charge < -0.3 is 10.2 Å². The molecule has 3 aliphatic heterocycles. The normalized spacial score (nSPS) is 20.3. The molecule has 6 rings (SSSR count). The van der Waals surface area contributed by atoms with Crippen LogP contribution in [0.25, 0.3) is 11.0 Å². The van der Waals surface area contributed by atoms with Crippen LogP contribution in [0, 0.1) is 5.82 Å². The molecule has 0 radical (unpaired) electrons. The number of aryl methyl sites for hydroxylation is 1. The summed E-state index contributed by atoms with van der Waals surface area (Å²) in [7, 11) is -2.07. The quantitative estimate of drug-likeness (QED) is 0.386. The molecule has 0 bridgehead atoms. The number of nitrogens with zero attached hydrogens (tertiary/aromatic N) is 4. The molecule has 0 aliphatic carbocycles. The Morgan fingerprint density at radius 3 is 2.35 bits per heavy atom. The van der Waals surface area contributed by atoms with Crippen LogP contribution in [0.4, 0.5) is 14.9 Å². The predicted octanol–water partition coefficient (Wildman–Crippen LogP) is 2.36. The average Bonchev–Trinajstić information content (AvgIpc) is 3.27. The lowest BCUT2D eigenvalue weighted by Crippen LogP contribution is -2.44. The Bertz CT molecular complexity index is 1900. The van der Waals surface area contributed by atoms with Crippen LogP contribution in [0.1, 0.15) is 61.6 Å². The lowest BCUT2D eigenvalue weighted by Gasteiger charge is -2.32. The smallest absolute Gasteiger partial charge is 0.324 e. The predicted molar refractivity (Wildman–Crippen MR) is 166 cm³/mol. The van der Waals surface area contributed by atoms with E-state index in [9.17, 15) is 36.8 Å². The van der Waals surface area contributed by atoms with Crippen LogP contribution in [-0.4, -0.2) is 76.6 Å². The van der Waals surface area contributed by atoms with Gasteiger partial charge in [-0.2, -0.15) is 0 Å². The third kappa shape index (κ3) is 6.20. The molecule has 0 spiro atoms. The fourth-order valence-electron chi connectivity index (χ4n) is 6.55. The third-order valence-electron chi connectivity index (χ3n) is 9.18. The second kappa shape index (κ2) is 12.4. The molecule has 4 heterocycles. The molecule has 3 aromatic rings. The number of piperidine rings is 3. The number of aromatic nitrogens is 2. The van der Waals surface area contributed by atoms with Gasteiger partial charge in [0.2, 0.25) is 21.8 Å². The van der Waals surface area contributed by atoms with Crippen molar-refractivity contribution in [3.63, 3.8) is 0 Å². The Kier molecular flexibility index (Phi) is 8.55. The zero-order chi connectivity index (χ0) is 32.7. The van der Waals surface area contributed by atoms with Crippen molar-refractivity contribution in [3.05, 3.63) is 63.8 Å². The number of hydrogen-bond acceptors (Lipinski definition) is 7. The first-order chi connectivity index (χ1) is 21.9. The first-order valence-electron chi connectivity index (χ1n) is 15.3. The van der Waals surface area contributed by atoms with Gasteiger partial charge in [0.15, 0.2) is 0 Å². The molecule has 46 heavy (non-hydrogen) atoms. The molecule has 2 N–H and O–H groups in total. The largest absolute Gasteiger partial charge is 0.329 e. The van der Waals surface area contributed by atoms with Crippen molar-refractivity contribution in [2.75, 3.05) is 31.5 Å². The third-order valence-corrected chi connectivity index (χ3v) is 11.0. The number of Topliss-reactive ketones (excluding diaryl/α,β-unsaturated/α-hetero) is 1. The Balaban J connectivity index is 1.10. The zero-order valence-electron chi connectivity index (χ0n) is 25.3. The Labute approximate surface area is 264 Å². The highest BCUT2D eigenvalue weighted by atomic mass is 32.2. The Morgan fingerprint density at radius 2 is 1.65 bits per heavy atom. The van der Waals surface area contributed by atoms with E-state index in [0.29, 0.717) is 42.5 Å². The number of urea groups is 1. The van der Waals surface area contributed by atoms with Crippen LogP contribution in [-0.2, 0) is 37.2 Å². The molecule has 15 heteroatoms. The first-order valence-corrected chi connectivity index (χ1v) is 16.9. The molecular formula is C31H35FN6O7S. The van der Waals surface area contributed by atoms with Crippen molar-refractivity contribution in [2.45, 2.75) is 56.2 Å². The molecule has 1 unspecified atom stereocenters. The van der Waals surface area contributed by atoms with Crippen LogP contribution < -0.4 is 16.3 Å². The van der Waals surface area contributed by atoms with Crippen molar-refractivity contribution in [1.29, 1.82) is 0 Å². The number of amides is 4. The summed E-state index contributed by atoms with van der Waals surface area (Å²) in [6, 6.07) is 8.22. The molecule has 244 valence electrons. The number of sulfonamides is 1. The van der Waals surface area contributed by atoms with Crippen LogP contribution in [0.2, 0.25) is 0 Å². The second-order valence-corrected chi connectivity index (χ2v) is 14.1. The number of ketones is 1. The van der Waals surface area contributed by atoms with Crippen molar-refractivity contribution >= 4 is 50.4 Å². The maximum Gasteiger partial charge on any atom is 0.329 e. The van der Waals surface area contributed by atoms with E-state index in [-0.39, 0.29) is 73.5 Å².